The van der Waals surface area contributed by atoms with Crippen LogP contribution in [0, 0.1) is 17.3 Å². The van der Waals surface area contributed by atoms with Crippen molar-refractivity contribution in [1.82, 2.24) is 0 Å². The number of rotatable bonds is 6. The molecule has 30 heavy (non-hydrogen) atoms. The quantitative estimate of drug-likeness (QED) is 0.380. The fourth-order valence-electron chi connectivity index (χ4n) is 6.27. The number of alkyl halides is 4. The van der Waals surface area contributed by atoms with Crippen LogP contribution in [-0.2, 0) is 11.2 Å². The van der Waals surface area contributed by atoms with E-state index in [2.05, 4.69) is 13.0 Å². The second-order valence-electron chi connectivity index (χ2n) is 9.60. The third-order valence-electron chi connectivity index (χ3n) is 7.79. The molecule has 3 aliphatic rings. The van der Waals surface area contributed by atoms with E-state index in [1.54, 1.807) is 0 Å². The number of carbonyl (C=O) groups excluding carboxylic acids is 1. The highest BCUT2D eigenvalue weighted by Gasteiger charge is 2.54. The van der Waals surface area contributed by atoms with Crippen LogP contribution in [0.5, 0.6) is 5.75 Å². The summed E-state index contributed by atoms with van der Waals surface area (Å²) >= 11 is 0. The molecule has 0 aliphatic heterocycles. The van der Waals surface area contributed by atoms with E-state index < -0.39 is 18.8 Å². The van der Waals surface area contributed by atoms with E-state index >= 15 is 0 Å². The molecule has 0 bridgehead atoms. The Morgan fingerprint density at radius 2 is 2.00 bits per heavy atom. The predicted molar refractivity (Wildman–Crippen MR) is 106 cm³/mol. The van der Waals surface area contributed by atoms with Gasteiger partial charge >= 0.3 is 6.18 Å². The van der Waals surface area contributed by atoms with Crippen molar-refractivity contribution < 1.29 is 27.1 Å². The molecule has 2 saturated carbocycles. The van der Waals surface area contributed by atoms with Crippen molar-refractivity contribution >= 4 is 5.78 Å². The molecule has 2 fully saturated rings. The average Bonchev–Trinajstić information content (AvgIpc) is 2.98. The fourth-order valence-corrected chi connectivity index (χ4v) is 6.27. The van der Waals surface area contributed by atoms with Gasteiger partial charge < -0.3 is 4.74 Å². The summed E-state index contributed by atoms with van der Waals surface area (Å²) in [5, 5.41) is 0. The number of halogens is 4. The minimum atomic E-state index is -4.46. The van der Waals surface area contributed by atoms with Crippen LogP contribution >= 0.6 is 0 Å². The van der Waals surface area contributed by atoms with Gasteiger partial charge in [-0.3, -0.25) is 4.79 Å². The number of ether oxygens (including phenoxy) is 1. The van der Waals surface area contributed by atoms with Crippen LogP contribution in [0.25, 0.3) is 0 Å². The van der Waals surface area contributed by atoms with Crippen molar-refractivity contribution in [2.75, 3.05) is 6.61 Å². The second kappa shape index (κ2) is 8.16. The van der Waals surface area contributed by atoms with Gasteiger partial charge in [0.05, 0.1) is 13.0 Å². The molecule has 0 radical (unpaired) electrons. The highest BCUT2D eigenvalue weighted by molar-refractivity contribution is 5.87. The van der Waals surface area contributed by atoms with Gasteiger partial charge in [0, 0.05) is 11.8 Å². The van der Waals surface area contributed by atoms with Crippen LogP contribution in [-0.4, -0.2) is 24.7 Å². The van der Waals surface area contributed by atoms with Gasteiger partial charge in [-0.05, 0) is 86.0 Å². The number of ketones is 1. The Bertz CT molecular complexity index is 790. The first-order chi connectivity index (χ1) is 14.2. The van der Waals surface area contributed by atoms with Crippen LogP contribution < -0.4 is 4.74 Å². The second-order valence-corrected chi connectivity index (χ2v) is 9.60. The summed E-state index contributed by atoms with van der Waals surface area (Å²) in [5.41, 5.74) is 2.53. The topological polar surface area (TPSA) is 26.3 Å². The summed E-state index contributed by atoms with van der Waals surface area (Å²) < 4.78 is 55.6. The Morgan fingerprint density at radius 3 is 2.77 bits per heavy atom. The molecular formula is C24H30F4O2. The molecular weight excluding hydrogens is 396 g/mol. The summed E-state index contributed by atoms with van der Waals surface area (Å²) in [5.74, 6) is 2.73. The average molecular weight is 426 g/mol. The molecule has 166 valence electrons. The van der Waals surface area contributed by atoms with Gasteiger partial charge in [-0.25, -0.2) is 4.39 Å². The van der Waals surface area contributed by atoms with Crippen LogP contribution in [0.15, 0.2) is 18.2 Å². The number of carbonyl (C=O) groups is 1. The lowest BCUT2D eigenvalue weighted by molar-refractivity contribution is -0.146. The van der Waals surface area contributed by atoms with E-state index in [0.29, 0.717) is 29.3 Å². The zero-order valence-electron chi connectivity index (χ0n) is 17.4. The van der Waals surface area contributed by atoms with Gasteiger partial charge in [0.2, 0.25) is 0 Å². The Morgan fingerprint density at radius 1 is 1.20 bits per heavy atom. The van der Waals surface area contributed by atoms with Crippen molar-refractivity contribution in [3.05, 3.63) is 29.3 Å². The van der Waals surface area contributed by atoms with E-state index in [0.717, 1.165) is 38.5 Å². The minimum absolute atomic E-state index is 0.123. The highest BCUT2D eigenvalue weighted by Crippen LogP contribution is 2.59. The van der Waals surface area contributed by atoms with E-state index in [1.165, 1.54) is 11.1 Å². The lowest BCUT2D eigenvalue weighted by atomic mass is 9.55. The summed E-state index contributed by atoms with van der Waals surface area (Å²) in [7, 11) is 0. The number of hydrogen-bond acceptors (Lipinski definition) is 2. The summed E-state index contributed by atoms with van der Waals surface area (Å²) in [6, 6.07) is 6.10. The van der Waals surface area contributed by atoms with Crippen LogP contribution in [0.1, 0.15) is 75.3 Å². The summed E-state index contributed by atoms with van der Waals surface area (Å²) in [4.78, 5) is 12.4. The Kier molecular flexibility index (Phi) is 5.88. The van der Waals surface area contributed by atoms with Gasteiger partial charge in [0.15, 0.2) is 0 Å². The first-order valence-corrected chi connectivity index (χ1v) is 11.2. The molecule has 0 saturated heterocycles. The SMILES string of the molecule is C[C@]12CC[C@@H]3c4ccc(OCCCC(F)CC(F)(F)F)cc4CC[C@H]3[C@@H]1CCC2=O. The van der Waals surface area contributed by atoms with E-state index in [4.69, 9.17) is 4.74 Å². The maximum Gasteiger partial charge on any atom is 0.391 e. The molecule has 0 heterocycles. The minimum Gasteiger partial charge on any atom is -0.494 e. The monoisotopic (exact) mass is 426 g/mol. The molecule has 1 unspecified atom stereocenters. The largest absolute Gasteiger partial charge is 0.494 e. The van der Waals surface area contributed by atoms with Crippen molar-refractivity contribution in [1.29, 1.82) is 0 Å². The molecule has 0 aromatic heterocycles. The summed E-state index contributed by atoms with van der Waals surface area (Å²) in [6.45, 7) is 2.39. The molecule has 0 spiro atoms. The predicted octanol–water partition coefficient (Wildman–Crippen LogP) is 6.56. The van der Waals surface area contributed by atoms with E-state index in [-0.39, 0.29) is 24.9 Å². The van der Waals surface area contributed by atoms with E-state index in [1.807, 2.05) is 12.1 Å². The number of fused-ring (bicyclic) bond motifs is 5. The molecule has 6 heteroatoms. The number of hydrogen-bond donors (Lipinski definition) is 0. The van der Waals surface area contributed by atoms with Crippen molar-refractivity contribution in [3.63, 3.8) is 0 Å². The highest BCUT2D eigenvalue weighted by atomic mass is 19.4. The molecule has 1 aromatic rings. The molecule has 2 nitrogen and oxygen atoms in total. The third kappa shape index (κ3) is 4.24. The van der Waals surface area contributed by atoms with Crippen molar-refractivity contribution in [3.8, 4) is 5.75 Å². The zero-order chi connectivity index (χ0) is 21.5. The molecule has 3 aliphatic carbocycles. The lowest BCUT2D eigenvalue weighted by Crippen LogP contribution is -2.42. The van der Waals surface area contributed by atoms with Gasteiger partial charge in [0.1, 0.15) is 17.7 Å². The number of aryl methyl sites for hydroxylation is 1. The first kappa shape index (κ1) is 21.6. The Balaban J connectivity index is 1.34. The molecule has 1 aromatic carbocycles. The van der Waals surface area contributed by atoms with Crippen LogP contribution in [0.3, 0.4) is 0 Å². The standard InChI is InChI=1S/C24H30F4O2/c1-23-11-10-19-18-7-5-17(30-12-2-3-16(25)14-24(26,27)28)13-15(18)4-6-20(19)21(23)8-9-22(23)29/h5,7,13,16,19-21H,2-4,6,8-12,14H2,1H3/t16?,19-,20-,21+,23+/m1/s1. The van der Waals surface area contributed by atoms with Crippen molar-refractivity contribution in [2.45, 2.75) is 83.0 Å². The maximum absolute atomic E-state index is 13.4. The van der Waals surface area contributed by atoms with E-state index in [9.17, 15) is 22.4 Å². The molecule has 0 amide bonds. The molecule has 4 rings (SSSR count). The van der Waals surface area contributed by atoms with Gasteiger partial charge in [0.25, 0.3) is 0 Å². The first-order valence-electron chi connectivity index (χ1n) is 11.2. The molecule has 5 atom stereocenters. The molecule has 0 N–H and O–H groups in total. The van der Waals surface area contributed by atoms with Gasteiger partial charge in [-0.1, -0.05) is 13.0 Å². The van der Waals surface area contributed by atoms with Crippen molar-refractivity contribution in [2.24, 2.45) is 17.3 Å². The Hall–Kier alpha value is -1.59. The lowest BCUT2D eigenvalue weighted by Gasteiger charge is -2.48. The third-order valence-corrected chi connectivity index (χ3v) is 7.79. The number of Topliss-reactive ketones (excluding diaryl/α,β-unsaturated/α-hetero) is 1. The zero-order valence-corrected chi connectivity index (χ0v) is 17.4. The van der Waals surface area contributed by atoms with Crippen LogP contribution in [0.4, 0.5) is 17.6 Å². The summed E-state index contributed by atoms with van der Waals surface area (Å²) in [6.07, 6.45) is -1.77. The smallest absolute Gasteiger partial charge is 0.391 e. The number of benzene rings is 1. The van der Waals surface area contributed by atoms with Gasteiger partial charge in [-0.15, -0.1) is 0 Å². The normalized spacial score (nSPS) is 31.6. The fraction of sp³-hybridized carbons (Fsp3) is 0.708. The Labute approximate surface area is 175 Å². The van der Waals surface area contributed by atoms with Crippen LogP contribution in [0.2, 0.25) is 0 Å². The maximum atomic E-state index is 13.4. The van der Waals surface area contributed by atoms with Gasteiger partial charge in [-0.2, -0.15) is 13.2 Å².